The van der Waals surface area contributed by atoms with E-state index in [-0.39, 0.29) is 30.1 Å². The smallest absolute Gasteiger partial charge is 0.317 e. The van der Waals surface area contributed by atoms with Gasteiger partial charge in [0.25, 0.3) is 0 Å². The molecule has 0 spiro atoms. The van der Waals surface area contributed by atoms with Crippen molar-refractivity contribution in [3.05, 3.63) is 0 Å². The van der Waals surface area contributed by atoms with E-state index in [9.17, 15) is 9.59 Å². The summed E-state index contributed by atoms with van der Waals surface area (Å²) in [5.41, 5.74) is -0.272. The van der Waals surface area contributed by atoms with Gasteiger partial charge in [-0.05, 0) is 39.5 Å². The molecule has 2 N–H and O–H groups in total. The number of hydrogen-bond acceptors (Lipinski definition) is 2. The van der Waals surface area contributed by atoms with E-state index in [0.717, 1.165) is 6.42 Å². The summed E-state index contributed by atoms with van der Waals surface area (Å²) in [6, 6.07) is 0.0807. The number of nitrogens with zero attached hydrogens (tertiary/aromatic N) is 1. The normalized spacial score (nSPS) is 23.1. The topological polar surface area (TPSA) is 61.4 Å². The summed E-state index contributed by atoms with van der Waals surface area (Å²) in [5, 5.41) is 5.90. The Labute approximate surface area is 122 Å². The van der Waals surface area contributed by atoms with Gasteiger partial charge in [-0.2, -0.15) is 0 Å². The van der Waals surface area contributed by atoms with Crippen molar-refractivity contribution in [3.8, 4) is 0 Å². The Kier molecular flexibility index (Phi) is 5.84. The molecule has 0 saturated heterocycles. The molecule has 5 nitrogen and oxygen atoms in total. The quantitative estimate of drug-likeness (QED) is 0.833. The summed E-state index contributed by atoms with van der Waals surface area (Å²) < 4.78 is 0. The lowest BCUT2D eigenvalue weighted by Crippen LogP contribution is -2.51. The van der Waals surface area contributed by atoms with Gasteiger partial charge in [-0.3, -0.25) is 4.79 Å². The van der Waals surface area contributed by atoms with Gasteiger partial charge < -0.3 is 15.5 Å². The molecule has 0 aromatic rings. The van der Waals surface area contributed by atoms with Crippen molar-refractivity contribution in [1.29, 1.82) is 0 Å². The van der Waals surface area contributed by atoms with Crippen LogP contribution in [-0.4, -0.2) is 42.0 Å². The molecule has 0 aromatic heterocycles. The molecule has 1 aliphatic rings. The first-order valence-electron chi connectivity index (χ1n) is 7.51. The number of nitrogens with one attached hydrogen (secondary N) is 2. The Morgan fingerprint density at radius 2 is 1.80 bits per heavy atom. The minimum absolute atomic E-state index is 0.0875. The molecule has 20 heavy (non-hydrogen) atoms. The molecule has 1 aliphatic carbocycles. The van der Waals surface area contributed by atoms with Gasteiger partial charge in [0.15, 0.2) is 0 Å². The number of rotatable bonds is 3. The lowest BCUT2D eigenvalue weighted by molar-refractivity contribution is -0.122. The van der Waals surface area contributed by atoms with E-state index in [2.05, 4.69) is 17.6 Å². The molecule has 116 valence electrons. The van der Waals surface area contributed by atoms with Crippen molar-refractivity contribution >= 4 is 11.9 Å². The summed E-state index contributed by atoms with van der Waals surface area (Å²) in [6.07, 6.45) is 4.62. The molecular formula is C15H29N3O2. The SMILES string of the molecule is CC1CCCCC1NC(=O)N(C)CC(=O)NC(C)(C)C. The maximum Gasteiger partial charge on any atom is 0.317 e. The highest BCUT2D eigenvalue weighted by Gasteiger charge is 2.25. The second-order valence-electron chi connectivity index (χ2n) is 6.97. The molecule has 5 heteroatoms. The summed E-state index contributed by atoms with van der Waals surface area (Å²) >= 11 is 0. The predicted octanol–water partition coefficient (Wildman–Crippen LogP) is 2.12. The van der Waals surface area contributed by atoms with E-state index in [1.165, 1.54) is 24.2 Å². The zero-order valence-electron chi connectivity index (χ0n) is 13.5. The minimum Gasteiger partial charge on any atom is -0.350 e. The van der Waals surface area contributed by atoms with Crippen LogP contribution in [0.2, 0.25) is 0 Å². The fraction of sp³-hybridized carbons (Fsp3) is 0.867. The molecule has 0 bridgehead atoms. The minimum atomic E-state index is -0.272. The number of hydrogen-bond donors (Lipinski definition) is 2. The third-order valence-corrected chi connectivity index (χ3v) is 3.66. The fourth-order valence-electron chi connectivity index (χ4n) is 2.54. The Bertz CT molecular complexity index is 350. The number of likely N-dealkylation sites (N-methyl/N-ethyl adjacent to an activating group) is 1. The third kappa shape index (κ3) is 5.80. The van der Waals surface area contributed by atoms with E-state index in [0.29, 0.717) is 5.92 Å². The highest BCUT2D eigenvalue weighted by molar-refractivity contribution is 5.84. The van der Waals surface area contributed by atoms with Gasteiger partial charge in [0.1, 0.15) is 6.54 Å². The molecule has 1 rings (SSSR count). The largest absolute Gasteiger partial charge is 0.350 e. The van der Waals surface area contributed by atoms with E-state index in [1.807, 2.05) is 20.8 Å². The first-order valence-corrected chi connectivity index (χ1v) is 7.51. The lowest BCUT2D eigenvalue weighted by Gasteiger charge is -2.31. The molecule has 0 heterocycles. The lowest BCUT2D eigenvalue weighted by atomic mass is 9.86. The second kappa shape index (κ2) is 6.95. The van der Waals surface area contributed by atoms with Gasteiger partial charge in [0.05, 0.1) is 0 Å². The molecule has 0 radical (unpaired) electrons. The highest BCUT2D eigenvalue weighted by Crippen LogP contribution is 2.23. The number of carbonyl (C=O) groups excluding carboxylic acids is 2. The Hall–Kier alpha value is -1.26. The van der Waals surface area contributed by atoms with Gasteiger partial charge in [0.2, 0.25) is 5.91 Å². The maximum atomic E-state index is 12.1. The average Bonchev–Trinajstić information content (AvgIpc) is 2.29. The van der Waals surface area contributed by atoms with E-state index in [4.69, 9.17) is 0 Å². The first-order chi connectivity index (χ1) is 9.19. The van der Waals surface area contributed by atoms with E-state index < -0.39 is 0 Å². The monoisotopic (exact) mass is 283 g/mol. The van der Waals surface area contributed by atoms with Gasteiger partial charge in [-0.15, -0.1) is 0 Å². The van der Waals surface area contributed by atoms with Crippen LogP contribution in [0.5, 0.6) is 0 Å². The molecule has 3 amide bonds. The molecule has 1 fully saturated rings. The van der Waals surface area contributed by atoms with Crippen LogP contribution in [-0.2, 0) is 4.79 Å². The highest BCUT2D eigenvalue weighted by atomic mass is 16.2. The molecule has 0 aromatic carbocycles. The molecule has 0 aliphatic heterocycles. The summed E-state index contributed by atoms with van der Waals surface area (Å²) in [4.78, 5) is 25.3. The van der Waals surface area contributed by atoms with Crippen LogP contribution >= 0.6 is 0 Å². The van der Waals surface area contributed by atoms with E-state index >= 15 is 0 Å². The third-order valence-electron chi connectivity index (χ3n) is 3.66. The van der Waals surface area contributed by atoms with Crippen LogP contribution < -0.4 is 10.6 Å². The second-order valence-corrected chi connectivity index (χ2v) is 6.97. The molecular weight excluding hydrogens is 254 g/mol. The van der Waals surface area contributed by atoms with Crippen molar-refractivity contribution in [2.24, 2.45) is 5.92 Å². The number of carbonyl (C=O) groups is 2. The van der Waals surface area contributed by atoms with Crippen LogP contribution in [0, 0.1) is 5.92 Å². The summed E-state index contributed by atoms with van der Waals surface area (Å²) in [6.45, 7) is 8.04. The average molecular weight is 283 g/mol. The molecule has 1 saturated carbocycles. The number of amides is 3. The number of urea groups is 1. The Morgan fingerprint density at radius 1 is 1.20 bits per heavy atom. The van der Waals surface area contributed by atoms with Crippen molar-refractivity contribution in [2.45, 2.75) is 65.0 Å². The van der Waals surface area contributed by atoms with Gasteiger partial charge >= 0.3 is 6.03 Å². The Morgan fingerprint density at radius 3 is 2.35 bits per heavy atom. The van der Waals surface area contributed by atoms with Crippen LogP contribution in [0.3, 0.4) is 0 Å². The maximum absolute atomic E-state index is 12.1. The fourth-order valence-corrected chi connectivity index (χ4v) is 2.54. The van der Waals surface area contributed by atoms with Crippen molar-refractivity contribution in [1.82, 2.24) is 15.5 Å². The molecule has 2 atom stereocenters. The van der Waals surface area contributed by atoms with Gasteiger partial charge in [0, 0.05) is 18.6 Å². The van der Waals surface area contributed by atoms with Crippen LogP contribution in [0.15, 0.2) is 0 Å². The van der Waals surface area contributed by atoms with Gasteiger partial charge in [-0.25, -0.2) is 4.79 Å². The molecule has 2 unspecified atom stereocenters. The first kappa shape index (κ1) is 16.8. The van der Waals surface area contributed by atoms with Crippen molar-refractivity contribution < 1.29 is 9.59 Å². The standard InChI is InChI=1S/C15H29N3O2/c1-11-8-6-7-9-12(11)16-14(20)18(5)10-13(19)17-15(2,3)4/h11-12H,6-10H2,1-5H3,(H,16,20)(H,17,19). The van der Waals surface area contributed by atoms with Crippen LogP contribution in [0.1, 0.15) is 53.4 Å². The summed E-state index contributed by atoms with van der Waals surface area (Å²) in [5.74, 6) is 0.386. The summed E-state index contributed by atoms with van der Waals surface area (Å²) in [7, 11) is 1.66. The zero-order valence-corrected chi connectivity index (χ0v) is 13.5. The van der Waals surface area contributed by atoms with Crippen molar-refractivity contribution in [3.63, 3.8) is 0 Å². The van der Waals surface area contributed by atoms with Crippen molar-refractivity contribution in [2.75, 3.05) is 13.6 Å². The Balaban J connectivity index is 2.40. The van der Waals surface area contributed by atoms with Crippen LogP contribution in [0.4, 0.5) is 4.79 Å². The van der Waals surface area contributed by atoms with Gasteiger partial charge in [-0.1, -0.05) is 19.8 Å². The van der Waals surface area contributed by atoms with Crippen LogP contribution in [0.25, 0.3) is 0 Å². The zero-order chi connectivity index (χ0) is 15.3. The van der Waals surface area contributed by atoms with E-state index in [1.54, 1.807) is 7.05 Å². The predicted molar refractivity (Wildman–Crippen MR) is 80.5 cm³/mol.